The van der Waals surface area contributed by atoms with Gasteiger partial charge in [0.1, 0.15) is 5.82 Å². The topological polar surface area (TPSA) is 86.9 Å². The summed E-state index contributed by atoms with van der Waals surface area (Å²) in [6.07, 6.45) is 0. The van der Waals surface area contributed by atoms with E-state index >= 15 is 0 Å². The molecule has 26 heavy (non-hydrogen) atoms. The van der Waals surface area contributed by atoms with Crippen molar-refractivity contribution in [2.45, 2.75) is 13.0 Å². The zero-order chi connectivity index (χ0) is 18.7. The van der Waals surface area contributed by atoms with Gasteiger partial charge < -0.3 is 15.6 Å². The molecule has 3 aromatic rings. The summed E-state index contributed by atoms with van der Waals surface area (Å²) in [6, 6.07) is 9.85. The Morgan fingerprint density at radius 2 is 1.92 bits per heavy atom. The molecular weight excluding hydrogens is 342 g/mol. The standard InChI is InChI=1S/C18H16F2N4O2/c1-10(17-23-14-4-2-3-5-15(14)24-17)22-16(25)9-21-18(26)11-6-7-12(19)13(20)8-11/h2-8,10H,9H2,1H3,(H,21,26)(H,22,25)(H,23,24). The first kappa shape index (κ1) is 17.5. The van der Waals surface area contributed by atoms with E-state index in [1.807, 2.05) is 24.3 Å². The molecule has 0 bridgehead atoms. The van der Waals surface area contributed by atoms with E-state index in [1.54, 1.807) is 6.92 Å². The van der Waals surface area contributed by atoms with Gasteiger partial charge >= 0.3 is 0 Å². The fraction of sp³-hybridized carbons (Fsp3) is 0.167. The SMILES string of the molecule is CC(NC(=O)CNC(=O)c1ccc(F)c(F)c1)c1nc2ccccc2[nH]1. The van der Waals surface area contributed by atoms with Gasteiger partial charge in [0, 0.05) is 5.56 Å². The van der Waals surface area contributed by atoms with Crippen LogP contribution in [0.1, 0.15) is 29.1 Å². The van der Waals surface area contributed by atoms with E-state index in [0.29, 0.717) is 5.82 Å². The van der Waals surface area contributed by atoms with Crippen LogP contribution in [0.25, 0.3) is 11.0 Å². The van der Waals surface area contributed by atoms with Crippen LogP contribution in [0, 0.1) is 11.6 Å². The third-order valence-corrected chi connectivity index (χ3v) is 3.79. The Hall–Kier alpha value is -3.29. The molecule has 0 radical (unpaired) electrons. The molecular formula is C18H16F2N4O2. The van der Waals surface area contributed by atoms with Crippen LogP contribution >= 0.6 is 0 Å². The van der Waals surface area contributed by atoms with E-state index in [9.17, 15) is 18.4 Å². The Kier molecular flexibility index (Phi) is 4.92. The molecule has 1 aromatic heterocycles. The smallest absolute Gasteiger partial charge is 0.251 e. The monoisotopic (exact) mass is 358 g/mol. The molecule has 0 aliphatic carbocycles. The van der Waals surface area contributed by atoms with Crippen molar-refractivity contribution in [2.75, 3.05) is 6.54 Å². The third kappa shape index (κ3) is 3.85. The Bertz CT molecular complexity index is 938. The molecule has 1 heterocycles. The minimum atomic E-state index is -1.12. The molecule has 0 saturated heterocycles. The number of amides is 2. The van der Waals surface area contributed by atoms with Gasteiger partial charge in [-0.3, -0.25) is 9.59 Å². The quantitative estimate of drug-likeness (QED) is 0.655. The van der Waals surface area contributed by atoms with Gasteiger partial charge in [-0.25, -0.2) is 13.8 Å². The highest BCUT2D eigenvalue weighted by molar-refractivity contribution is 5.96. The molecule has 0 spiro atoms. The molecule has 2 aromatic carbocycles. The Balaban J connectivity index is 1.56. The summed E-state index contributed by atoms with van der Waals surface area (Å²) in [5.41, 5.74) is 1.58. The second kappa shape index (κ2) is 7.30. The molecule has 6 nitrogen and oxygen atoms in total. The number of fused-ring (bicyclic) bond motifs is 1. The largest absolute Gasteiger partial charge is 0.345 e. The number of para-hydroxylation sites is 2. The molecule has 0 aliphatic heterocycles. The molecule has 134 valence electrons. The number of H-pyrrole nitrogens is 1. The third-order valence-electron chi connectivity index (χ3n) is 3.79. The van der Waals surface area contributed by atoms with Crippen molar-refractivity contribution in [3.63, 3.8) is 0 Å². The number of nitrogens with one attached hydrogen (secondary N) is 3. The second-order valence-corrected chi connectivity index (χ2v) is 5.74. The number of aromatic amines is 1. The zero-order valence-corrected chi connectivity index (χ0v) is 13.8. The number of aromatic nitrogens is 2. The number of carbonyl (C=O) groups is 2. The lowest BCUT2D eigenvalue weighted by Gasteiger charge is -2.12. The Labute approximate surface area is 147 Å². The summed E-state index contributed by atoms with van der Waals surface area (Å²) in [6.45, 7) is 1.45. The molecule has 3 N–H and O–H groups in total. The van der Waals surface area contributed by atoms with Gasteiger partial charge in [-0.15, -0.1) is 0 Å². The fourth-order valence-electron chi connectivity index (χ4n) is 2.44. The maximum absolute atomic E-state index is 13.1. The number of imidazole rings is 1. The van der Waals surface area contributed by atoms with Crippen LogP contribution in [0.4, 0.5) is 8.78 Å². The van der Waals surface area contributed by atoms with Crippen LogP contribution in [0.3, 0.4) is 0 Å². The fourth-order valence-corrected chi connectivity index (χ4v) is 2.44. The predicted octanol–water partition coefficient (Wildman–Crippen LogP) is 2.45. The molecule has 0 saturated carbocycles. The van der Waals surface area contributed by atoms with Crippen molar-refractivity contribution in [1.82, 2.24) is 20.6 Å². The second-order valence-electron chi connectivity index (χ2n) is 5.74. The number of rotatable bonds is 5. The van der Waals surface area contributed by atoms with Gasteiger partial charge in [-0.2, -0.15) is 0 Å². The van der Waals surface area contributed by atoms with Crippen LogP contribution in [-0.4, -0.2) is 28.3 Å². The number of hydrogen-bond donors (Lipinski definition) is 3. The lowest BCUT2D eigenvalue weighted by atomic mass is 10.2. The number of carbonyl (C=O) groups excluding carboxylic acids is 2. The number of benzene rings is 2. The zero-order valence-electron chi connectivity index (χ0n) is 13.8. The average molecular weight is 358 g/mol. The summed E-state index contributed by atoms with van der Waals surface area (Å²) < 4.78 is 26.0. The van der Waals surface area contributed by atoms with Crippen molar-refractivity contribution in [3.8, 4) is 0 Å². The summed E-state index contributed by atoms with van der Waals surface area (Å²) >= 11 is 0. The minimum absolute atomic E-state index is 0.0676. The van der Waals surface area contributed by atoms with Crippen LogP contribution in [0.15, 0.2) is 42.5 Å². The van der Waals surface area contributed by atoms with E-state index in [2.05, 4.69) is 20.6 Å². The van der Waals surface area contributed by atoms with Gasteiger partial charge in [0.05, 0.1) is 23.6 Å². The number of hydrogen-bond acceptors (Lipinski definition) is 3. The highest BCUT2D eigenvalue weighted by Crippen LogP contribution is 2.15. The van der Waals surface area contributed by atoms with Crippen molar-refractivity contribution in [2.24, 2.45) is 0 Å². The summed E-state index contributed by atoms with van der Waals surface area (Å²) in [7, 11) is 0. The van der Waals surface area contributed by atoms with Gasteiger partial charge in [0.15, 0.2) is 11.6 Å². The lowest BCUT2D eigenvalue weighted by Crippen LogP contribution is -2.38. The van der Waals surface area contributed by atoms with E-state index in [4.69, 9.17) is 0 Å². The lowest BCUT2D eigenvalue weighted by molar-refractivity contribution is -0.120. The molecule has 3 rings (SSSR count). The van der Waals surface area contributed by atoms with Gasteiger partial charge in [-0.1, -0.05) is 12.1 Å². The first-order valence-electron chi connectivity index (χ1n) is 7.91. The van der Waals surface area contributed by atoms with Crippen LogP contribution in [0.5, 0.6) is 0 Å². The van der Waals surface area contributed by atoms with Crippen molar-refractivity contribution < 1.29 is 18.4 Å². The van der Waals surface area contributed by atoms with Crippen molar-refractivity contribution >= 4 is 22.8 Å². The van der Waals surface area contributed by atoms with Gasteiger partial charge in [0.25, 0.3) is 5.91 Å². The van der Waals surface area contributed by atoms with Crippen LogP contribution < -0.4 is 10.6 Å². The van der Waals surface area contributed by atoms with E-state index in [1.165, 1.54) is 0 Å². The number of nitrogens with zero attached hydrogens (tertiary/aromatic N) is 1. The van der Waals surface area contributed by atoms with Gasteiger partial charge in [0.2, 0.25) is 5.91 Å². The molecule has 2 amide bonds. The molecule has 8 heteroatoms. The maximum Gasteiger partial charge on any atom is 0.251 e. The van der Waals surface area contributed by atoms with Crippen molar-refractivity contribution in [1.29, 1.82) is 0 Å². The maximum atomic E-state index is 13.1. The van der Waals surface area contributed by atoms with Crippen molar-refractivity contribution in [3.05, 3.63) is 65.5 Å². The van der Waals surface area contributed by atoms with E-state index < -0.39 is 29.5 Å². The number of halogens is 2. The van der Waals surface area contributed by atoms with E-state index in [-0.39, 0.29) is 12.1 Å². The molecule has 0 aliphatic rings. The molecule has 1 unspecified atom stereocenters. The Morgan fingerprint density at radius 1 is 1.15 bits per heavy atom. The highest BCUT2D eigenvalue weighted by Gasteiger charge is 2.15. The Morgan fingerprint density at radius 3 is 2.65 bits per heavy atom. The average Bonchev–Trinajstić information content (AvgIpc) is 3.06. The van der Waals surface area contributed by atoms with Crippen LogP contribution in [-0.2, 0) is 4.79 Å². The van der Waals surface area contributed by atoms with E-state index in [0.717, 1.165) is 29.2 Å². The first-order valence-corrected chi connectivity index (χ1v) is 7.91. The normalized spacial score (nSPS) is 12.0. The summed E-state index contributed by atoms with van der Waals surface area (Å²) in [4.78, 5) is 31.4. The van der Waals surface area contributed by atoms with Gasteiger partial charge in [-0.05, 0) is 37.3 Å². The summed E-state index contributed by atoms with van der Waals surface area (Å²) in [5.74, 6) is -2.68. The minimum Gasteiger partial charge on any atom is -0.345 e. The predicted molar refractivity (Wildman–Crippen MR) is 91.3 cm³/mol. The summed E-state index contributed by atoms with van der Waals surface area (Å²) in [5, 5.41) is 5.06. The molecule has 1 atom stereocenters. The van der Waals surface area contributed by atoms with Crippen LogP contribution in [0.2, 0.25) is 0 Å². The highest BCUT2D eigenvalue weighted by atomic mass is 19.2. The first-order chi connectivity index (χ1) is 12.4. The molecule has 0 fully saturated rings.